The molecule has 0 aromatic heterocycles. The Kier molecular flexibility index (Phi) is 8.07. The molecule has 0 aliphatic rings. The second-order valence-corrected chi connectivity index (χ2v) is 13.9. The summed E-state index contributed by atoms with van der Waals surface area (Å²) in [5.74, 6) is -3.96. The van der Waals surface area contributed by atoms with E-state index >= 15 is 4.39 Å². The number of nitrogens with zero attached hydrogens (tertiary/aromatic N) is 1. The van der Waals surface area contributed by atoms with Gasteiger partial charge in [-0.25, -0.2) is 13.2 Å². The Bertz CT molecular complexity index is 1730. The smallest absolute Gasteiger partial charge is 0.196 e. The van der Waals surface area contributed by atoms with Crippen molar-refractivity contribution in [1.82, 2.24) is 0 Å². The molecule has 0 unspecified atom stereocenters. The van der Waals surface area contributed by atoms with Gasteiger partial charge in [-0.2, -0.15) is 0 Å². The normalized spacial score (nSPS) is 11.5. The van der Waals surface area contributed by atoms with Crippen molar-refractivity contribution in [3.05, 3.63) is 186 Å². The Labute approximate surface area is 250 Å². The first-order valence-corrected chi connectivity index (χ1v) is 16.1. The molecule has 0 radical (unpaired) electrons. The fraction of sp³-hybridized carbons (Fsp3) is 0. The minimum Gasteiger partial charge on any atom is -0.308 e. The topological polar surface area (TPSA) is 3.24 Å². The van der Waals surface area contributed by atoms with Crippen LogP contribution in [-0.2, 0) is 0 Å². The molecule has 1 nitrogen and oxygen atoms in total. The zero-order valence-corrected chi connectivity index (χ0v) is 24.2. The Balaban J connectivity index is 1.45. The van der Waals surface area contributed by atoms with Gasteiger partial charge in [0.2, 0.25) is 0 Å². The van der Waals surface area contributed by atoms with Gasteiger partial charge in [0.25, 0.3) is 0 Å². The van der Waals surface area contributed by atoms with Crippen molar-refractivity contribution in [1.29, 1.82) is 0 Å². The Morgan fingerprint density at radius 1 is 0.442 bits per heavy atom. The molecule has 6 aromatic carbocycles. The van der Waals surface area contributed by atoms with Gasteiger partial charge in [-0.3, -0.25) is 0 Å². The highest BCUT2D eigenvalue weighted by atomic mass is 28.3. The zero-order chi connectivity index (χ0) is 29.6. The van der Waals surface area contributed by atoms with Gasteiger partial charge in [0.05, 0.1) is 5.69 Å². The summed E-state index contributed by atoms with van der Waals surface area (Å²) in [7, 11) is -2.58. The van der Waals surface area contributed by atoms with E-state index in [9.17, 15) is 8.78 Å². The van der Waals surface area contributed by atoms with Gasteiger partial charge in [0, 0.05) is 11.4 Å². The zero-order valence-electron chi connectivity index (χ0n) is 23.2. The molecule has 0 N–H and O–H groups in total. The highest BCUT2D eigenvalue weighted by molar-refractivity contribution is 7.15. The summed E-state index contributed by atoms with van der Waals surface area (Å²) in [6.07, 6.45) is 2.15. The molecule has 0 amide bonds. The van der Waals surface area contributed by atoms with Crippen LogP contribution in [0.3, 0.4) is 0 Å². The lowest BCUT2D eigenvalue weighted by atomic mass is 10.1. The van der Waals surface area contributed by atoms with E-state index in [0.717, 1.165) is 11.6 Å². The fourth-order valence-electron chi connectivity index (χ4n) is 5.54. The second-order valence-electron chi connectivity index (χ2n) is 10.2. The molecular formula is C38H28F3NSi. The van der Waals surface area contributed by atoms with Gasteiger partial charge in [-0.1, -0.05) is 133 Å². The lowest BCUT2D eigenvalue weighted by Crippen LogP contribution is -2.66. The maximum Gasteiger partial charge on any atom is 0.196 e. The molecule has 0 fully saturated rings. The van der Waals surface area contributed by atoms with E-state index in [1.54, 1.807) is 17.0 Å². The molecule has 0 atom stereocenters. The largest absolute Gasteiger partial charge is 0.308 e. The molecule has 0 aliphatic carbocycles. The molecule has 0 heterocycles. The minimum absolute atomic E-state index is 0.0722. The van der Waals surface area contributed by atoms with E-state index in [4.69, 9.17) is 0 Å². The summed E-state index contributed by atoms with van der Waals surface area (Å²) >= 11 is 0. The van der Waals surface area contributed by atoms with E-state index in [-0.39, 0.29) is 5.69 Å². The van der Waals surface area contributed by atoms with Crippen molar-refractivity contribution in [2.45, 2.75) is 0 Å². The van der Waals surface area contributed by atoms with Crippen molar-refractivity contribution in [2.24, 2.45) is 0 Å². The molecule has 0 bridgehead atoms. The summed E-state index contributed by atoms with van der Waals surface area (Å²) in [5.41, 5.74) is 4.48. The first-order chi connectivity index (χ1) is 21.1. The first-order valence-electron chi connectivity index (χ1n) is 14.0. The number of hydrogen-bond acceptors (Lipinski definition) is 1. The molecule has 6 rings (SSSR count). The second kappa shape index (κ2) is 12.4. The third kappa shape index (κ3) is 5.55. The van der Waals surface area contributed by atoms with Crippen LogP contribution in [0.25, 0.3) is 6.08 Å². The standard InChI is InChI=1S/C38H28F3NSi/c39-35-25-26-36(38(41)37(35)40)42(30-13-5-1-6-14-30)31-23-21-29(22-24-31)27-28-43(32-15-7-2-8-16-32,33-17-9-3-10-18-33)34-19-11-4-12-20-34/h1-28H/b28-27+. The molecule has 0 saturated heterocycles. The summed E-state index contributed by atoms with van der Waals surface area (Å²) in [6.45, 7) is 0. The number of halogens is 3. The Morgan fingerprint density at radius 3 is 1.37 bits per heavy atom. The highest BCUT2D eigenvalue weighted by Gasteiger charge is 2.36. The molecule has 0 saturated carbocycles. The number of para-hydroxylation sites is 1. The quantitative estimate of drug-likeness (QED) is 0.0990. The third-order valence-corrected chi connectivity index (χ3v) is 12.0. The molecule has 0 spiro atoms. The van der Waals surface area contributed by atoms with E-state index in [2.05, 4.69) is 84.6 Å². The van der Waals surface area contributed by atoms with E-state index in [1.165, 1.54) is 21.6 Å². The van der Waals surface area contributed by atoms with Crippen LogP contribution < -0.4 is 20.5 Å². The van der Waals surface area contributed by atoms with Crippen molar-refractivity contribution in [3.8, 4) is 0 Å². The van der Waals surface area contributed by atoms with Crippen molar-refractivity contribution in [2.75, 3.05) is 4.90 Å². The monoisotopic (exact) mass is 583 g/mol. The van der Waals surface area contributed by atoms with E-state index < -0.39 is 25.5 Å². The molecule has 6 aromatic rings. The van der Waals surface area contributed by atoms with Crippen LogP contribution in [0.1, 0.15) is 5.56 Å². The molecular weight excluding hydrogens is 556 g/mol. The van der Waals surface area contributed by atoms with Crippen LogP contribution in [0.4, 0.5) is 30.2 Å². The van der Waals surface area contributed by atoms with Gasteiger partial charge in [0.15, 0.2) is 25.5 Å². The summed E-state index contributed by atoms with van der Waals surface area (Å²) in [4.78, 5) is 1.59. The van der Waals surface area contributed by atoms with Crippen molar-refractivity contribution in [3.63, 3.8) is 0 Å². The fourth-order valence-corrected chi connectivity index (χ4v) is 9.71. The Morgan fingerprint density at radius 2 is 0.884 bits per heavy atom. The maximum absolute atomic E-state index is 15.0. The first kappa shape index (κ1) is 28.0. The summed E-state index contributed by atoms with van der Waals surface area (Å²) in [6, 6.07) is 50.8. The van der Waals surface area contributed by atoms with Crippen LogP contribution in [-0.4, -0.2) is 8.07 Å². The number of anilines is 3. The van der Waals surface area contributed by atoms with Crippen LogP contribution in [0.5, 0.6) is 0 Å². The lowest BCUT2D eigenvalue weighted by molar-refractivity contribution is 0.448. The van der Waals surface area contributed by atoms with Crippen molar-refractivity contribution >= 4 is 46.8 Å². The molecule has 43 heavy (non-hydrogen) atoms. The van der Waals surface area contributed by atoms with Gasteiger partial charge in [-0.05, 0) is 57.5 Å². The van der Waals surface area contributed by atoms with Gasteiger partial charge < -0.3 is 4.90 Å². The average molecular weight is 584 g/mol. The highest BCUT2D eigenvalue weighted by Crippen LogP contribution is 2.37. The van der Waals surface area contributed by atoms with E-state index in [0.29, 0.717) is 11.4 Å². The Hall–Kier alpha value is -5.13. The maximum atomic E-state index is 15.0. The van der Waals surface area contributed by atoms with Crippen LogP contribution >= 0.6 is 0 Å². The average Bonchev–Trinajstić information content (AvgIpc) is 3.08. The summed E-state index contributed by atoms with van der Waals surface area (Å²) in [5, 5.41) is 3.80. The number of benzene rings is 6. The SMILES string of the molecule is Fc1ccc(N(c2ccccc2)c2ccc(/C=C/[Si](c3ccccc3)(c3ccccc3)c3ccccc3)cc2)c(F)c1F. The van der Waals surface area contributed by atoms with Gasteiger partial charge in [0.1, 0.15) is 0 Å². The van der Waals surface area contributed by atoms with E-state index in [1.807, 2.05) is 60.7 Å². The predicted octanol–water partition coefficient (Wildman–Crippen LogP) is 8.30. The number of hydrogen-bond donors (Lipinski definition) is 0. The molecule has 5 heteroatoms. The predicted molar refractivity (Wildman–Crippen MR) is 174 cm³/mol. The molecule has 210 valence electrons. The minimum atomic E-state index is -2.58. The van der Waals surface area contributed by atoms with Crippen molar-refractivity contribution < 1.29 is 13.2 Å². The summed E-state index contributed by atoms with van der Waals surface area (Å²) < 4.78 is 43.1. The van der Waals surface area contributed by atoms with Gasteiger partial charge >= 0.3 is 0 Å². The number of rotatable bonds is 8. The van der Waals surface area contributed by atoms with Crippen LogP contribution in [0, 0.1) is 17.5 Å². The third-order valence-electron chi connectivity index (χ3n) is 7.63. The van der Waals surface area contributed by atoms with Crippen LogP contribution in [0.15, 0.2) is 163 Å². The van der Waals surface area contributed by atoms with Crippen LogP contribution in [0.2, 0.25) is 0 Å². The van der Waals surface area contributed by atoms with Gasteiger partial charge in [-0.15, -0.1) is 0 Å². The molecule has 0 aliphatic heterocycles. The lowest BCUT2D eigenvalue weighted by Gasteiger charge is -2.30.